The number of hydrogen-bond donors (Lipinski definition) is 0. The predicted octanol–water partition coefficient (Wildman–Crippen LogP) is 2.78. The quantitative estimate of drug-likeness (QED) is 0.415. The lowest BCUT2D eigenvalue weighted by Crippen LogP contribution is -2.44. The average molecular weight is 470 g/mol. The molecular formula is C26H35N3O5. The number of ether oxygens (including phenoxy) is 2. The summed E-state index contributed by atoms with van der Waals surface area (Å²) >= 11 is 0. The summed E-state index contributed by atoms with van der Waals surface area (Å²) in [6, 6.07) is 7.38. The van der Waals surface area contributed by atoms with Gasteiger partial charge in [0.15, 0.2) is 5.78 Å². The van der Waals surface area contributed by atoms with Crippen molar-refractivity contribution in [3.8, 4) is 0 Å². The van der Waals surface area contributed by atoms with E-state index in [-0.39, 0.29) is 24.8 Å². The molecule has 1 amide bonds. The number of benzene rings is 1. The van der Waals surface area contributed by atoms with E-state index in [1.807, 2.05) is 26.0 Å². The first-order valence-corrected chi connectivity index (χ1v) is 11.8. The van der Waals surface area contributed by atoms with E-state index in [1.165, 1.54) is 0 Å². The molecule has 8 nitrogen and oxygen atoms in total. The number of morpholine rings is 1. The van der Waals surface area contributed by atoms with Gasteiger partial charge in [-0.1, -0.05) is 17.7 Å². The van der Waals surface area contributed by atoms with Crippen LogP contribution in [0.15, 0.2) is 24.3 Å². The van der Waals surface area contributed by atoms with E-state index >= 15 is 0 Å². The van der Waals surface area contributed by atoms with Crippen LogP contribution < -0.4 is 0 Å². The largest absolute Gasteiger partial charge is 0.461 e. The van der Waals surface area contributed by atoms with E-state index in [2.05, 4.69) is 4.90 Å². The Bertz CT molecular complexity index is 1040. The summed E-state index contributed by atoms with van der Waals surface area (Å²) in [5.74, 6) is -0.827. The van der Waals surface area contributed by atoms with Crippen molar-refractivity contribution in [2.24, 2.45) is 7.05 Å². The van der Waals surface area contributed by atoms with Crippen LogP contribution in [-0.4, -0.2) is 84.6 Å². The van der Waals surface area contributed by atoms with Crippen molar-refractivity contribution >= 4 is 17.7 Å². The lowest BCUT2D eigenvalue weighted by molar-refractivity contribution is 0.0323. The molecular weight excluding hydrogens is 434 g/mol. The zero-order chi connectivity index (χ0) is 24.8. The number of Topliss-reactive ketones (excluding diaryl/α,β-unsaturated/α-hetero) is 1. The first kappa shape index (κ1) is 25.6. The van der Waals surface area contributed by atoms with Crippen molar-refractivity contribution in [1.82, 2.24) is 14.4 Å². The third-order valence-corrected chi connectivity index (χ3v) is 6.39. The lowest BCUT2D eigenvalue weighted by Gasteiger charge is -2.30. The molecule has 1 aromatic heterocycles. The molecule has 184 valence electrons. The number of esters is 1. The van der Waals surface area contributed by atoms with E-state index in [0.717, 1.165) is 18.7 Å². The average Bonchev–Trinajstić information content (AvgIpc) is 3.05. The van der Waals surface area contributed by atoms with Crippen LogP contribution in [0.3, 0.4) is 0 Å². The molecule has 0 unspecified atom stereocenters. The van der Waals surface area contributed by atoms with Gasteiger partial charge in [-0.05, 0) is 45.4 Å². The fourth-order valence-corrected chi connectivity index (χ4v) is 4.35. The van der Waals surface area contributed by atoms with Crippen LogP contribution in [0.5, 0.6) is 0 Å². The van der Waals surface area contributed by atoms with E-state index in [4.69, 9.17) is 9.47 Å². The summed E-state index contributed by atoms with van der Waals surface area (Å²) in [5.41, 5.74) is 3.72. The van der Waals surface area contributed by atoms with Gasteiger partial charge in [-0.25, -0.2) is 4.79 Å². The highest BCUT2D eigenvalue weighted by Gasteiger charge is 2.28. The summed E-state index contributed by atoms with van der Waals surface area (Å²) in [7, 11) is 1.75. The van der Waals surface area contributed by atoms with Crippen LogP contribution >= 0.6 is 0 Å². The topological polar surface area (TPSA) is 81.1 Å². The van der Waals surface area contributed by atoms with Crippen LogP contribution in [0.2, 0.25) is 0 Å². The number of rotatable bonds is 9. The summed E-state index contributed by atoms with van der Waals surface area (Å²) in [4.78, 5) is 43.2. The third-order valence-electron chi connectivity index (χ3n) is 6.39. The van der Waals surface area contributed by atoms with Gasteiger partial charge in [-0.2, -0.15) is 0 Å². The predicted molar refractivity (Wildman–Crippen MR) is 130 cm³/mol. The van der Waals surface area contributed by atoms with E-state index in [1.54, 1.807) is 42.5 Å². The number of carbonyl (C=O) groups is 3. The zero-order valence-corrected chi connectivity index (χ0v) is 20.8. The number of aromatic nitrogens is 1. The molecule has 0 saturated carbocycles. The molecule has 34 heavy (non-hydrogen) atoms. The van der Waals surface area contributed by atoms with E-state index in [9.17, 15) is 14.4 Å². The Balaban J connectivity index is 1.85. The zero-order valence-electron chi connectivity index (χ0n) is 20.8. The second-order valence-corrected chi connectivity index (χ2v) is 8.68. The first-order valence-electron chi connectivity index (χ1n) is 11.8. The molecule has 1 aromatic carbocycles. The molecule has 1 aliphatic heterocycles. The molecule has 1 saturated heterocycles. The Kier molecular flexibility index (Phi) is 8.63. The van der Waals surface area contributed by atoms with E-state index in [0.29, 0.717) is 54.4 Å². The third kappa shape index (κ3) is 5.74. The van der Waals surface area contributed by atoms with Gasteiger partial charge in [0.1, 0.15) is 5.69 Å². The van der Waals surface area contributed by atoms with Crippen LogP contribution in [-0.2, 0) is 16.5 Å². The van der Waals surface area contributed by atoms with Crippen LogP contribution in [0.1, 0.15) is 54.9 Å². The number of carbonyl (C=O) groups excluding carboxylic acids is 3. The van der Waals surface area contributed by atoms with Crippen LogP contribution in [0, 0.1) is 20.8 Å². The van der Waals surface area contributed by atoms with Gasteiger partial charge < -0.3 is 18.9 Å². The molecule has 2 aromatic rings. The number of amides is 1. The summed E-state index contributed by atoms with van der Waals surface area (Å²) in [6.07, 6.45) is 0. The Morgan fingerprint density at radius 1 is 1.06 bits per heavy atom. The second-order valence-electron chi connectivity index (χ2n) is 8.68. The Morgan fingerprint density at radius 3 is 2.32 bits per heavy atom. The fraction of sp³-hybridized carbons (Fsp3) is 0.500. The van der Waals surface area contributed by atoms with Crippen molar-refractivity contribution in [3.05, 3.63) is 57.9 Å². The highest BCUT2D eigenvalue weighted by molar-refractivity contribution is 6.06. The van der Waals surface area contributed by atoms with Crippen LogP contribution in [0.25, 0.3) is 0 Å². The van der Waals surface area contributed by atoms with Gasteiger partial charge in [0, 0.05) is 50.0 Å². The van der Waals surface area contributed by atoms with Gasteiger partial charge in [0.25, 0.3) is 5.91 Å². The standard InChI is InChI=1S/C26H35N3O5/c1-6-34-26(32)24-19(3)23(20(4)27(24)5)22(30)17-29(12-11-28-13-15-33-16-14-28)25(31)21-9-7-18(2)8-10-21/h7-10H,6,11-17H2,1-5H3. The van der Waals surface area contributed by atoms with Gasteiger partial charge in [-0.15, -0.1) is 0 Å². The van der Waals surface area contributed by atoms with Crippen molar-refractivity contribution < 1.29 is 23.9 Å². The maximum Gasteiger partial charge on any atom is 0.355 e. The molecule has 0 bridgehead atoms. The Morgan fingerprint density at radius 2 is 1.71 bits per heavy atom. The molecule has 0 N–H and O–H groups in total. The highest BCUT2D eigenvalue weighted by atomic mass is 16.5. The molecule has 3 rings (SSSR count). The minimum Gasteiger partial charge on any atom is -0.461 e. The molecule has 1 aliphatic rings. The van der Waals surface area contributed by atoms with Crippen LogP contribution in [0.4, 0.5) is 0 Å². The first-order chi connectivity index (χ1) is 16.2. The normalized spacial score (nSPS) is 14.1. The van der Waals surface area contributed by atoms with Gasteiger partial charge in [-0.3, -0.25) is 14.5 Å². The number of hydrogen-bond acceptors (Lipinski definition) is 6. The maximum atomic E-state index is 13.5. The number of ketones is 1. The molecule has 0 atom stereocenters. The smallest absolute Gasteiger partial charge is 0.355 e. The van der Waals surface area contributed by atoms with E-state index < -0.39 is 5.97 Å². The summed E-state index contributed by atoms with van der Waals surface area (Å²) < 4.78 is 12.3. The van der Waals surface area contributed by atoms with Gasteiger partial charge in [0.05, 0.1) is 26.4 Å². The minimum atomic E-state index is -0.454. The van der Waals surface area contributed by atoms with Crippen molar-refractivity contribution in [2.75, 3.05) is 52.5 Å². The molecule has 0 radical (unpaired) electrons. The van der Waals surface area contributed by atoms with Gasteiger partial charge in [0.2, 0.25) is 0 Å². The number of aryl methyl sites for hydroxylation is 1. The monoisotopic (exact) mass is 469 g/mol. The fourth-order valence-electron chi connectivity index (χ4n) is 4.35. The summed E-state index contributed by atoms with van der Waals surface area (Å²) in [5, 5.41) is 0. The SMILES string of the molecule is CCOC(=O)c1c(C)c(C(=O)CN(CCN2CCOCC2)C(=O)c2ccc(C)cc2)c(C)n1C. The highest BCUT2D eigenvalue weighted by Crippen LogP contribution is 2.23. The molecule has 2 heterocycles. The molecule has 0 aliphatic carbocycles. The second kappa shape index (κ2) is 11.4. The molecule has 0 spiro atoms. The van der Waals surface area contributed by atoms with Crippen molar-refractivity contribution in [3.63, 3.8) is 0 Å². The Labute approximate surface area is 201 Å². The minimum absolute atomic E-state index is 0.0645. The summed E-state index contributed by atoms with van der Waals surface area (Å²) in [6.45, 7) is 11.5. The molecule has 8 heteroatoms. The van der Waals surface area contributed by atoms with Crippen molar-refractivity contribution in [2.45, 2.75) is 27.7 Å². The van der Waals surface area contributed by atoms with Crippen molar-refractivity contribution in [1.29, 1.82) is 0 Å². The molecule has 1 fully saturated rings. The van der Waals surface area contributed by atoms with Gasteiger partial charge >= 0.3 is 5.97 Å². The lowest BCUT2D eigenvalue weighted by atomic mass is 10.0. The maximum absolute atomic E-state index is 13.5. The Hall–Kier alpha value is -2.97. The number of nitrogens with zero attached hydrogens (tertiary/aromatic N) is 3.